The Morgan fingerprint density at radius 1 is 1.26 bits per heavy atom. The fourth-order valence-corrected chi connectivity index (χ4v) is 2.33. The summed E-state index contributed by atoms with van der Waals surface area (Å²) in [5.41, 5.74) is 1.94. The molecule has 19 heavy (non-hydrogen) atoms. The number of benzene rings is 1. The van der Waals surface area contributed by atoms with E-state index >= 15 is 0 Å². The van der Waals surface area contributed by atoms with Crippen LogP contribution in [0.3, 0.4) is 0 Å². The van der Waals surface area contributed by atoms with Crippen LogP contribution in [0.5, 0.6) is 0 Å². The van der Waals surface area contributed by atoms with E-state index in [4.69, 9.17) is 0 Å². The predicted octanol–water partition coefficient (Wildman–Crippen LogP) is 3.37. The summed E-state index contributed by atoms with van der Waals surface area (Å²) < 4.78 is 1.49. The summed E-state index contributed by atoms with van der Waals surface area (Å²) in [4.78, 5) is 23.7. The molecule has 6 heteroatoms. The first-order valence-electron chi connectivity index (χ1n) is 5.68. The largest absolute Gasteiger partial charge is 0.279 e. The summed E-state index contributed by atoms with van der Waals surface area (Å²) >= 11 is 1.04. The van der Waals surface area contributed by atoms with Gasteiger partial charge >= 0.3 is 0 Å². The lowest BCUT2D eigenvalue weighted by molar-refractivity contribution is 0.108. The molecule has 0 saturated carbocycles. The summed E-state index contributed by atoms with van der Waals surface area (Å²) in [6.07, 6.45) is 0. The minimum Gasteiger partial charge on any atom is -0.279 e. The molecule has 0 radical (unpaired) electrons. The highest BCUT2D eigenvalue weighted by Crippen LogP contribution is 2.29. The molecular weight excluding hydrogens is 262 g/mol. The van der Waals surface area contributed by atoms with E-state index in [1.807, 2.05) is 31.2 Å². The Morgan fingerprint density at radius 3 is 2.47 bits per heavy atom. The molecule has 5 nitrogen and oxygen atoms in total. The Labute approximate surface area is 115 Å². The van der Waals surface area contributed by atoms with Gasteiger partial charge in [0.25, 0.3) is 0 Å². The Kier molecular flexibility index (Phi) is 3.80. The zero-order chi connectivity index (χ0) is 14.0. The van der Waals surface area contributed by atoms with E-state index < -0.39 is 0 Å². The molecule has 0 amide bonds. The average molecular weight is 275 g/mol. The van der Waals surface area contributed by atoms with E-state index in [0.717, 1.165) is 22.2 Å². The molecule has 0 fully saturated rings. The molecular formula is C13H13N3O2S. The van der Waals surface area contributed by atoms with Crippen LogP contribution in [-0.2, 0) is 7.05 Å². The molecule has 1 heterocycles. The van der Waals surface area contributed by atoms with E-state index in [0.29, 0.717) is 5.69 Å². The summed E-state index contributed by atoms with van der Waals surface area (Å²) in [5.74, 6) is 0. The maximum absolute atomic E-state index is 12.1. The lowest BCUT2D eigenvalue weighted by Crippen LogP contribution is -1.97. The number of thioether (sulfide) groups is 1. The number of aryl methyl sites for hydroxylation is 2. The van der Waals surface area contributed by atoms with Gasteiger partial charge in [-0.05, 0) is 42.9 Å². The van der Waals surface area contributed by atoms with Gasteiger partial charge in [0.1, 0.15) is 0 Å². The van der Waals surface area contributed by atoms with Crippen LogP contribution in [0.25, 0.3) is 0 Å². The molecule has 0 aliphatic rings. The Hall–Kier alpha value is -1.95. The number of hydrogen-bond acceptors (Lipinski definition) is 5. The fraction of sp³-hybridized carbons (Fsp3) is 0.231. The van der Waals surface area contributed by atoms with Crippen LogP contribution in [0, 0.1) is 18.8 Å². The van der Waals surface area contributed by atoms with E-state index in [9.17, 15) is 9.70 Å². The van der Waals surface area contributed by atoms with Gasteiger partial charge in [-0.15, -0.1) is 4.91 Å². The van der Waals surface area contributed by atoms with E-state index in [2.05, 4.69) is 10.3 Å². The van der Waals surface area contributed by atoms with Crippen molar-refractivity contribution in [3.05, 3.63) is 46.1 Å². The normalized spacial score (nSPS) is 10.5. The van der Waals surface area contributed by atoms with Crippen molar-refractivity contribution in [2.45, 2.75) is 18.7 Å². The van der Waals surface area contributed by atoms with Crippen molar-refractivity contribution in [2.75, 3.05) is 0 Å². The van der Waals surface area contributed by atoms with Gasteiger partial charge in [-0.1, -0.05) is 17.7 Å². The molecule has 0 N–H and O–H groups in total. The molecule has 2 aromatic rings. The van der Waals surface area contributed by atoms with Crippen molar-refractivity contribution in [2.24, 2.45) is 12.2 Å². The fourth-order valence-electron chi connectivity index (χ4n) is 1.61. The molecule has 0 bridgehead atoms. The van der Waals surface area contributed by atoms with Crippen molar-refractivity contribution in [3.63, 3.8) is 0 Å². The molecule has 0 spiro atoms. The zero-order valence-electron chi connectivity index (χ0n) is 10.9. The Bertz CT molecular complexity index is 632. The zero-order valence-corrected chi connectivity index (χ0v) is 11.7. The number of rotatable bonds is 3. The van der Waals surface area contributed by atoms with Crippen molar-refractivity contribution < 1.29 is 4.79 Å². The van der Waals surface area contributed by atoms with Gasteiger partial charge in [-0.25, -0.2) is 0 Å². The third-order valence-electron chi connectivity index (χ3n) is 2.82. The molecule has 2 rings (SSSR count). The van der Waals surface area contributed by atoms with Gasteiger partial charge in [0.05, 0.1) is 5.69 Å². The molecule has 1 aromatic carbocycles. The standard InChI is InChI=1S/C13H13N3O2S/c1-8-4-6-10(7-5-8)19-13(17)12-11(15-18)9(2)16(3)14-12/h4-7H,1-3H3. The van der Waals surface area contributed by atoms with Crippen LogP contribution in [0.15, 0.2) is 34.3 Å². The van der Waals surface area contributed by atoms with E-state index in [1.165, 1.54) is 4.68 Å². The maximum atomic E-state index is 12.1. The number of nitrogens with zero attached hydrogens (tertiary/aromatic N) is 3. The monoisotopic (exact) mass is 275 g/mol. The Balaban J connectivity index is 2.27. The van der Waals surface area contributed by atoms with Gasteiger partial charge in [0.15, 0.2) is 11.4 Å². The second-order valence-electron chi connectivity index (χ2n) is 4.20. The molecule has 0 saturated heterocycles. The quantitative estimate of drug-likeness (QED) is 0.636. The van der Waals surface area contributed by atoms with Crippen LogP contribution in [-0.4, -0.2) is 14.9 Å². The molecule has 0 unspecified atom stereocenters. The van der Waals surface area contributed by atoms with Crippen LogP contribution in [0.1, 0.15) is 21.7 Å². The molecule has 0 aliphatic carbocycles. The summed E-state index contributed by atoms with van der Waals surface area (Å²) in [6, 6.07) is 7.58. The minimum atomic E-state index is -0.276. The predicted molar refractivity (Wildman–Crippen MR) is 74.8 cm³/mol. The first-order valence-corrected chi connectivity index (χ1v) is 6.50. The number of nitroso groups, excluding NO2 is 1. The number of aromatic nitrogens is 2. The second kappa shape index (κ2) is 5.36. The smallest absolute Gasteiger partial charge is 0.246 e. The molecule has 0 aliphatic heterocycles. The molecule has 0 atom stereocenters. The summed E-state index contributed by atoms with van der Waals surface area (Å²) in [6.45, 7) is 3.68. The average Bonchev–Trinajstić information content (AvgIpc) is 2.68. The molecule has 98 valence electrons. The highest BCUT2D eigenvalue weighted by Gasteiger charge is 2.21. The lowest BCUT2D eigenvalue weighted by Gasteiger charge is -1.99. The minimum absolute atomic E-state index is 0.112. The van der Waals surface area contributed by atoms with Gasteiger partial charge in [-0.2, -0.15) is 5.10 Å². The highest BCUT2D eigenvalue weighted by molar-refractivity contribution is 8.14. The second-order valence-corrected chi connectivity index (χ2v) is 5.25. The van der Waals surface area contributed by atoms with Crippen LogP contribution in [0.4, 0.5) is 5.69 Å². The first kappa shape index (κ1) is 13.5. The van der Waals surface area contributed by atoms with Crippen molar-refractivity contribution in [3.8, 4) is 0 Å². The molecule has 1 aromatic heterocycles. The third kappa shape index (κ3) is 2.73. The SMILES string of the molecule is Cc1ccc(SC(=O)c2nn(C)c(C)c2N=O)cc1. The summed E-state index contributed by atoms with van der Waals surface area (Å²) in [7, 11) is 1.68. The van der Waals surface area contributed by atoms with Gasteiger partial charge in [0, 0.05) is 11.9 Å². The maximum Gasteiger partial charge on any atom is 0.246 e. The highest BCUT2D eigenvalue weighted by atomic mass is 32.2. The number of carbonyl (C=O) groups is 1. The number of carbonyl (C=O) groups excluding carboxylic acids is 1. The van der Waals surface area contributed by atoms with Crippen LogP contribution in [0.2, 0.25) is 0 Å². The topological polar surface area (TPSA) is 64.3 Å². The van der Waals surface area contributed by atoms with Crippen LogP contribution < -0.4 is 0 Å². The first-order chi connectivity index (χ1) is 9.02. The third-order valence-corrected chi connectivity index (χ3v) is 3.71. The van der Waals surface area contributed by atoms with Crippen molar-refractivity contribution in [1.82, 2.24) is 9.78 Å². The Morgan fingerprint density at radius 2 is 1.89 bits per heavy atom. The van der Waals surface area contributed by atoms with Crippen LogP contribution >= 0.6 is 11.8 Å². The van der Waals surface area contributed by atoms with Gasteiger partial charge in [0.2, 0.25) is 5.12 Å². The number of hydrogen-bond donors (Lipinski definition) is 0. The van der Waals surface area contributed by atoms with Crippen molar-refractivity contribution >= 4 is 22.6 Å². The van der Waals surface area contributed by atoms with E-state index in [1.54, 1.807) is 14.0 Å². The van der Waals surface area contributed by atoms with E-state index in [-0.39, 0.29) is 16.5 Å². The van der Waals surface area contributed by atoms with Crippen molar-refractivity contribution in [1.29, 1.82) is 0 Å². The van der Waals surface area contributed by atoms with Gasteiger partial charge < -0.3 is 0 Å². The van der Waals surface area contributed by atoms with Gasteiger partial charge in [-0.3, -0.25) is 9.48 Å². The summed E-state index contributed by atoms with van der Waals surface area (Å²) in [5, 5.41) is 6.67. The lowest BCUT2D eigenvalue weighted by atomic mass is 10.2.